The topological polar surface area (TPSA) is 136 Å². The molecule has 0 radical (unpaired) electrons. The number of benzene rings is 2. The van der Waals surface area contributed by atoms with E-state index in [1.165, 1.54) is 0 Å². The predicted octanol–water partition coefficient (Wildman–Crippen LogP) is 7.46. The maximum absolute atomic E-state index is 12.9. The zero-order valence-electron chi connectivity index (χ0n) is 31.6. The molecule has 49 heavy (non-hydrogen) atoms. The van der Waals surface area contributed by atoms with Gasteiger partial charge in [0.25, 0.3) is 0 Å². The van der Waals surface area contributed by atoms with Gasteiger partial charge < -0.3 is 19.3 Å². The van der Waals surface area contributed by atoms with Crippen LogP contribution in [0.1, 0.15) is 116 Å². The molecule has 12 heteroatoms. The lowest BCUT2D eigenvalue weighted by molar-refractivity contribution is -0.408. The van der Waals surface area contributed by atoms with Gasteiger partial charge in [0, 0.05) is 22.3 Å². The molecule has 0 aliphatic carbocycles. The molecule has 0 bridgehead atoms. The highest BCUT2D eigenvalue weighted by atomic mass is 31.1. The first-order chi connectivity index (χ1) is 22.1. The van der Waals surface area contributed by atoms with Crippen LogP contribution >= 0.6 is 16.1 Å². The summed E-state index contributed by atoms with van der Waals surface area (Å²) in [5, 5.41) is 0. The fraction of sp³-hybridized carbons (Fsp3) is 0.676. The highest BCUT2D eigenvalue weighted by Gasteiger charge is 2.64. The van der Waals surface area contributed by atoms with E-state index in [2.05, 4.69) is 0 Å². The Bertz CT molecular complexity index is 1400. The van der Waals surface area contributed by atoms with Crippen LogP contribution in [0, 0.1) is 19.3 Å². The Balaban J connectivity index is 1.65. The lowest BCUT2D eigenvalue weighted by Crippen LogP contribution is -2.60. The number of hydrogen-bond acceptors (Lipinski definition) is 10. The van der Waals surface area contributed by atoms with Crippen molar-refractivity contribution >= 4 is 16.1 Å². The predicted molar refractivity (Wildman–Crippen MR) is 185 cm³/mol. The molecule has 0 N–H and O–H groups in total. The molecule has 2 heterocycles. The average molecular weight is 721 g/mol. The molecule has 2 atom stereocenters. The Morgan fingerprint density at radius 3 is 0.939 bits per heavy atom. The van der Waals surface area contributed by atoms with Gasteiger partial charge in [-0.05, 0) is 35.5 Å². The maximum Gasteiger partial charge on any atom is 0.539 e. The van der Waals surface area contributed by atoms with Gasteiger partial charge in [0.15, 0.2) is 0 Å². The van der Waals surface area contributed by atoms with Gasteiger partial charge in [0.2, 0.25) is 0 Å². The van der Waals surface area contributed by atoms with Gasteiger partial charge in [0.05, 0.1) is 31.8 Å². The molecule has 1 spiro atoms. The molecule has 2 unspecified atom stereocenters. The third-order valence-electron chi connectivity index (χ3n) is 8.85. The quantitative estimate of drug-likeness (QED) is 0.277. The van der Waals surface area contributed by atoms with Crippen molar-refractivity contribution < 1.29 is 47.3 Å². The van der Waals surface area contributed by atoms with Crippen molar-refractivity contribution in [3.05, 3.63) is 57.6 Å². The summed E-state index contributed by atoms with van der Waals surface area (Å²) >= 11 is 0. The fourth-order valence-corrected chi connectivity index (χ4v) is 6.98. The largest absolute Gasteiger partial charge is 0.588 e. The van der Waals surface area contributed by atoms with Crippen molar-refractivity contribution in [2.75, 3.05) is 26.4 Å². The van der Waals surface area contributed by atoms with E-state index in [0.29, 0.717) is 11.5 Å². The summed E-state index contributed by atoms with van der Waals surface area (Å²) in [5.74, 6) is 0.769. The van der Waals surface area contributed by atoms with E-state index >= 15 is 0 Å². The molecule has 2 aromatic rings. The summed E-state index contributed by atoms with van der Waals surface area (Å²) in [6.45, 7) is 27.5. The molecule has 0 amide bonds. The average Bonchev–Trinajstić information content (AvgIpc) is 2.94. The van der Waals surface area contributed by atoms with E-state index in [-0.39, 0.29) is 26.4 Å². The van der Waals surface area contributed by atoms with Crippen LogP contribution in [0.4, 0.5) is 0 Å². The first-order valence-electron chi connectivity index (χ1n) is 16.7. The zero-order chi connectivity index (χ0) is 37.2. The van der Waals surface area contributed by atoms with Crippen LogP contribution < -0.4 is 19.3 Å². The van der Waals surface area contributed by atoms with Gasteiger partial charge in [-0.1, -0.05) is 128 Å². The van der Waals surface area contributed by atoms with Crippen LogP contribution in [0.2, 0.25) is 0 Å². The maximum atomic E-state index is 12.9. The number of hydrogen-bond donors (Lipinski definition) is 0. The van der Waals surface area contributed by atoms with Gasteiger partial charge in [-0.25, -0.2) is 0 Å². The van der Waals surface area contributed by atoms with Crippen LogP contribution in [-0.2, 0) is 49.7 Å². The van der Waals surface area contributed by atoms with Gasteiger partial charge in [-0.15, -0.1) is 0 Å². The van der Waals surface area contributed by atoms with Crippen molar-refractivity contribution in [1.29, 1.82) is 0 Å². The minimum atomic E-state index is -3.43. The standard InChI is InChI=1S/C37H54O10P2/c1-23-15-25(31(3,4)5)29(26(16-23)32(6,7)8)46-36(48(38)39)42-19-35(20-43-36)21-44-37(45-22-35,49(40)41)47-30-27(33(9,10)11)17-24(2)18-28(30)34(12,13)14/h15-18H,19-22H2,1-14H3. The second-order valence-electron chi connectivity index (χ2n) is 17.8. The molecule has 2 aliphatic heterocycles. The summed E-state index contributed by atoms with van der Waals surface area (Å²) in [6.07, 6.45) is 0. The van der Waals surface area contributed by atoms with Crippen LogP contribution in [0.25, 0.3) is 0 Å². The third kappa shape index (κ3) is 8.23. The molecule has 2 aromatic carbocycles. The molecular formula is C37H54O10P2. The molecule has 2 saturated heterocycles. The fourth-order valence-electron chi connectivity index (χ4n) is 5.97. The molecule has 2 fully saturated rings. The zero-order valence-corrected chi connectivity index (χ0v) is 33.4. The first kappa shape index (κ1) is 39.8. The van der Waals surface area contributed by atoms with Crippen molar-refractivity contribution in [3.8, 4) is 11.5 Å². The highest BCUT2D eigenvalue weighted by Crippen LogP contribution is 2.52. The lowest BCUT2D eigenvalue weighted by atomic mass is 9.78. The SMILES string of the molecule is Cc1cc(C(C)(C)C)c(OC2([P+](=O)[O-])OCC3(CO2)COC(Oc2c(C(C)(C)C)cc(C)cc2C(C)(C)C)([P+](=O)[O-])OC3)c(C(C)(C)C)c1. The van der Waals surface area contributed by atoms with E-state index in [1.54, 1.807) is 0 Å². The Labute approximate surface area is 293 Å². The van der Waals surface area contributed by atoms with Gasteiger partial charge in [0.1, 0.15) is 11.5 Å². The smallest absolute Gasteiger partial charge is 0.539 e. The van der Waals surface area contributed by atoms with Gasteiger partial charge >= 0.3 is 27.5 Å². The second kappa shape index (κ2) is 13.2. The molecule has 0 aromatic heterocycles. The summed E-state index contributed by atoms with van der Waals surface area (Å²) < 4.78 is 62.4. The summed E-state index contributed by atoms with van der Waals surface area (Å²) in [7, 11) is -6.87. The van der Waals surface area contributed by atoms with E-state index in [9.17, 15) is 18.9 Å². The lowest BCUT2D eigenvalue weighted by Gasteiger charge is -2.45. The third-order valence-corrected chi connectivity index (χ3v) is 10.4. The van der Waals surface area contributed by atoms with Crippen LogP contribution in [-0.4, -0.2) is 37.9 Å². The minimum Gasteiger partial charge on any atom is -0.588 e. The Kier molecular flexibility index (Phi) is 10.7. The van der Waals surface area contributed by atoms with Crippen molar-refractivity contribution in [2.24, 2.45) is 5.41 Å². The molecule has 272 valence electrons. The monoisotopic (exact) mass is 720 g/mol. The summed E-state index contributed by atoms with van der Waals surface area (Å²) in [4.78, 5) is 25.8. The molecular weight excluding hydrogens is 666 g/mol. The van der Waals surface area contributed by atoms with Crippen molar-refractivity contribution in [3.63, 3.8) is 0 Å². The molecule has 2 aliphatic rings. The number of ether oxygens (including phenoxy) is 6. The number of rotatable bonds is 6. The number of aryl methyl sites for hydroxylation is 2. The highest BCUT2D eigenvalue weighted by molar-refractivity contribution is 7.38. The normalized spacial score (nSPS) is 26.0. The van der Waals surface area contributed by atoms with Crippen LogP contribution in [0.3, 0.4) is 0 Å². The Hall–Kier alpha value is -2.00. The molecule has 10 nitrogen and oxygen atoms in total. The first-order valence-corrected chi connectivity index (χ1v) is 19.0. The summed E-state index contributed by atoms with van der Waals surface area (Å²) in [5.41, 5.74) is -2.19. The van der Waals surface area contributed by atoms with Crippen LogP contribution in [0.15, 0.2) is 24.3 Å². The Morgan fingerprint density at radius 2 is 0.755 bits per heavy atom. The minimum absolute atomic E-state index is 0.214. The van der Waals surface area contributed by atoms with E-state index in [4.69, 9.17) is 28.4 Å². The van der Waals surface area contributed by atoms with E-state index in [0.717, 1.165) is 33.4 Å². The second-order valence-corrected chi connectivity index (χ2v) is 19.9. The van der Waals surface area contributed by atoms with E-state index in [1.807, 2.05) is 121 Å². The summed E-state index contributed by atoms with van der Waals surface area (Å²) in [6, 6.07) is 7.93. The molecule has 4 rings (SSSR count). The van der Waals surface area contributed by atoms with Crippen LogP contribution in [0.5, 0.6) is 11.5 Å². The van der Waals surface area contributed by atoms with Gasteiger partial charge in [-0.2, -0.15) is 0 Å². The molecule has 0 saturated carbocycles. The van der Waals surface area contributed by atoms with Crippen molar-refractivity contribution in [2.45, 2.75) is 130 Å². The van der Waals surface area contributed by atoms with Crippen molar-refractivity contribution in [1.82, 2.24) is 0 Å². The van der Waals surface area contributed by atoms with Gasteiger partial charge in [-0.3, -0.25) is 18.9 Å². The van der Waals surface area contributed by atoms with E-state index < -0.39 is 54.6 Å². The Morgan fingerprint density at radius 1 is 0.531 bits per heavy atom.